The van der Waals surface area contributed by atoms with Crippen LogP contribution in [-0.2, 0) is 4.79 Å². The highest BCUT2D eigenvalue weighted by Gasteiger charge is 2.32. The molecule has 0 bridgehead atoms. The Labute approximate surface area is 100 Å². The lowest BCUT2D eigenvalue weighted by Crippen LogP contribution is -2.60. The van der Waals surface area contributed by atoms with E-state index in [-0.39, 0.29) is 12.1 Å². The molecular formula is C11H19N3O3. The molecule has 96 valence electrons. The summed E-state index contributed by atoms with van der Waals surface area (Å²) in [7, 11) is 0. The topological polar surface area (TPSA) is 81.7 Å². The van der Waals surface area contributed by atoms with Gasteiger partial charge in [-0.15, -0.1) is 0 Å². The third-order valence-electron chi connectivity index (χ3n) is 3.58. The number of carbonyl (C=O) groups is 2. The zero-order valence-electron chi connectivity index (χ0n) is 9.82. The van der Waals surface area contributed by atoms with Gasteiger partial charge in [0.15, 0.2) is 0 Å². The molecule has 2 rings (SSSR count). The van der Waals surface area contributed by atoms with Crippen molar-refractivity contribution in [2.75, 3.05) is 26.2 Å². The SMILES string of the molecule is O=C1CCN(C2CNCCC2NC(=O)O)CC1. The van der Waals surface area contributed by atoms with E-state index < -0.39 is 6.09 Å². The molecule has 2 aliphatic rings. The van der Waals surface area contributed by atoms with E-state index >= 15 is 0 Å². The van der Waals surface area contributed by atoms with Gasteiger partial charge in [-0.3, -0.25) is 9.69 Å². The van der Waals surface area contributed by atoms with Gasteiger partial charge in [-0.2, -0.15) is 0 Å². The number of rotatable bonds is 2. The fraction of sp³-hybridized carbons (Fsp3) is 0.818. The Balaban J connectivity index is 1.95. The van der Waals surface area contributed by atoms with E-state index in [1.54, 1.807) is 0 Å². The molecule has 2 fully saturated rings. The highest BCUT2D eigenvalue weighted by Crippen LogP contribution is 2.16. The maximum Gasteiger partial charge on any atom is 0.404 e. The van der Waals surface area contributed by atoms with Crippen LogP contribution in [0.4, 0.5) is 4.79 Å². The van der Waals surface area contributed by atoms with E-state index in [1.165, 1.54) is 0 Å². The summed E-state index contributed by atoms with van der Waals surface area (Å²) in [5, 5.41) is 14.7. The van der Waals surface area contributed by atoms with Gasteiger partial charge in [0.2, 0.25) is 0 Å². The number of nitrogens with one attached hydrogen (secondary N) is 2. The standard InChI is InChI=1S/C11H19N3O3/c15-8-2-5-14(6-3-8)10-7-12-4-1-9(10)13-11(16)17/h9-10,12-13H,1-7H2,(H,16,17). The molecule has 0 aromatic heterocycles. The number of carbonyl (C=O) groups excluding carboxylic acids is 1. The molecule has 2 unspecified atom stereocenters. The summed E-state index contributed by atoms with van der Waals surface area (Å²) < 4.78 is 0. The molecule has 3 N–H and O–H groups in total. The molecule has 6 heteroatoms. The molecular weight excluding hydrogens is 222 g/mol. The number of hydrogen-bond donors (Lipinski definition) is 3. The number of ketones is 1. The molecule has 0 radical (unpaired) electrons. The van der Waals surface area contributed by atoms with E-state index in [4.69, 9.17) is 5.11 Å². The summed E-state index contributed by atoms with van der Waals surface area (Å²) in [6.07, 6.45) is 1.03. The van der Waals surface area contributed by atoms with Gasteiger partial charge < -0.3 is 15.7 Å². The van der Waals surface area contributed by atoms with Crippen LogP contribution in [0.1, 0.15) is 19.3 Å². The van der Waals surface area contributed by atoms with Crippen LogP contribution in [0, 0.1) is 0 Å². The number of amides is 1. The second-order valence-corrected chi connectivity index (χ2v) is 4.69. The van der Waals surface area contributed by atoms with Gasteiger partial charge in [0.25, 0.3) is 0 Å². The predicted octanol–water partition coefficient (Wildman–Crippen LogP) is -0.351. The smallest absolute Gasteiger partial charge is 0.404 e. The fourth-order valence-electron chi connectivity index (χ4n) is 2.66. The minimum absolute atomic E-state index is 0.0260. The average molecular weight is 241 g/mol. The molecule has 0 aliphatic carbocycles. The number of piperidine rings is 2. The van der Waals surface area contributed by atoms with Gasteiger partial charge in [0.1, 0.15) is 5.78 Å². The van der Waals surface area contributed by atoms with Gasteiger partial charge in [-0.1, -0.05) is 0 Å². The summed E-state index contributed by atoms with van der Waals surface area (Å²) in [6, 6.07) is 0.148. The summed E-state index contributed by atoms with van der Waals surface area (Å²) >= 11 is 0. The monoisotopic (exact) mass is 241 g/mol. The van der Waals surface area contributed by atoms with Gasteiger partial charge in [-0.25, -0.2) is 4.79 Å². The van der Waals surface area contributed by atoms with Crippen LogP contribution in [0.3, 0.4) is 0 Å². The molecule has 0 saturated carbocycles. The van der Waals surface area contributed by atoms with Crippen molar-refractivity contribution in [3.63, 3.8) is 0 Å². The summed E-state index contributed by atoms with van der Waals surface area (Å²) in [6.45, 7) is 3.14. The summed E-state index contributed by atoms with van der Waals surface area (Å²) in [5.41, 5.74) is 0. The number of carboxylic acid groups (broad SMARTS) is 1. The summed E-state index contributed by atoms with van der Waals surface area (Å²) in [5.74, 6) is 0.313. The molecule has 2 aliphatic heterocycles. The Morgan fingerprint density at radius 1 is 1.41 bits per heavy atom. The normalized spacial score (nSPS) is 31.2. The van der Waals surface area contributed by atoms with Gasteiger partial charge in [-0.05, 0) is 13.0 Å². The highest BCUT2D eigenvalue weighted by molar-refractivity contribution is 5.79. The quantitative estimate of drug-likeness (QED) is 0.615. The molecule has 2 atom stereocenters. The van der Waals surface area contributed by atoms with Crippen molar-refractivity contribution in [1.82, 2.24) is 15.5 Å². The van der Waals surface area contributed by atoms with E-state index in [0.717, 1.165) is 32.6 Å². The zero-order chi connectivity index (χ0) is 12.3. The predicted molar refractivity (Wildman–Crippen MR) is 62.0 cm³/mol. The van der Waals surface area contributed by atoms with Crippen LogP contribution in [-0.4, -0.2) is 60.1 Å². The van der Waals surface area contributed by atoms with Crippen molar-refractivity contribution < 1.29 is 14.7 Å². The molecule has 6 nitrogen and oxygen atoms in total. The van der Waals surface area contributed by atoms with Gasteiger partial charge in [0.05, 0.1) is 6.04 Å². The largest absolute Gasteiger partial charge is 0.465 e. The van der Waals surface area contributed by atoms with Crippen molar-refractivity contribution in [2.24, 2.45) is 0 Å². The highest BCUT2D eigenvalue weighted by atomic mass is 16.4. The van der Waals surface area contributed by atoms with Crippen molar-refractivity contribution in [3.8, 4) is 0 Å². The molecule has 0 aromatic rings. The molecule has 2 saturated heterocycles. The summed E-state index contributed by atoms with van der Waals surface area (Å²) in [4.78, 5) is 24.2. The third-order valence-corrected chi connectivity index (χ3v) is 3.58. The first-order valence-corrected chi connectivity index (χ1v) is 6.13. The van der Waals surface area contributed by atoms with Crippen LogP contribution >= 0.6 is 0 Å². The first kappa shape index (κ1) is 12.3. The number of hydrogen-bond acceptors (Lipinski definition) is 4. The number of nitrogens with zero attached hydrogens (tertiary/aromatic N) is 1. The molecule has 1 amide bonds. The molecule has 2 heterocycles. The third kappa shape index (κ3) is 3.17. The van der Waals surface area contributed by atoms with Crippen molar-refractivity contribution in [3.05, 3.63) is 0 Å². The van der Waals surface area contributed by atoms with Crippen molar-refractivity contribution >= 4 is 11.9 Å². The van der Waals surface area contributed by atoms with E-state index in [0.29, 0.717) is 18.6 Å². The van der Waals surface area contributed by atoms with Crippen molar-refractivity contribution in [1.29, 1.82) is 0 Å². The van der Waals surface area contributed by atoms with E-state index in [9.17, 15) is 9.59 Å². The van der Waals surface area contributed by atoms with Crippen LogP contribution < -0.4 is 10.6 Å². The lowest BCUT2D eigenvalue weighted by atomic mass is 9.96. The van der Waals surface area contributed by atoms with Crippen LogP contribution in [0.2, 0.25) is 0 Å². The van der Waals surface area contributed by atoms with E-state index in [2.05, 4.69) is 15.5 Å². The van der Waals surface area contributed by atoms with E-state index in [1.807, 2.05) is 0 Å². The second-order valence-electron chi connectivity index (χ2n) is 4.69. The second kappa shape index (κ2) is 5.46. The van der Waals surface area contributed by atoms with Gasteiger partial charge in [0, 0.05) is 38.5 Å². The molecule has 17 heavy (non-hydrogen) atoms. The number of likely N-dealkylation sites (tertiary alicyclic amines) is 1. The Kier molecular flexibility index (Phi) is 3.96. The number of Topliss-reactive ketones (excluding diaryl/α,β-unsaturated/α-hetero) is 1. The minimum atomic E-state index is -0.963. The van der Waals surface area contributed by atoms with Crippen LogP contribution in [0.25, 0.3) is 0 Å². The first-order valence-electron chi connectivity index (χ1n) is 6.13. The average Bonchev–Trinajstić information content (AvgIpc) is 2.30. The van der Waals surface area contributed by atoms with Gasteiger partial charge >= 0.3 is 6.09 Å². The molecule has 0 aromatic carbocycles. The van der Waals surface area contributed by atoms with Crippen LogP contribution in [0.5, 0.6) is 0 Å². The van der Waals surface area contributed by atoms with Crippen molar-refractivity contribution in [2.45, 2.75) is 31.3 Å². The fourth-order valence-corrected chi connectivity index (χ4v) is 2.66. The lowest BCUT2D eigenvalue weighted by molar-refractivity contribution is -0.122. The molecule has 0 spiro atoms. The maximum atomic E-state index is 11.2. The van der Waals surface area contributed by atoms with Crippen LogP contribution in [0.15, 0.2) is 0 Å². The Morgan fingerprint density at radius 2 is 2.12 bits per heavy atom. The Hall–Kier alpha value is -1.14. The Morgan fingerprint density at radius 3 is 2.76 bits per heavy atom. The first-order chi connectivity index (χ1) is 8.16. The Bertz CT molecular complexity index is 298. The minimum Gasteiger partial charge on any atom is -0.465 e. The zero-order valence-corrected chi connectivity index (χ0v) is 9.82. The lowest BCUT2D eigenvalue weighted by Gasteiger charge is -2.41. The maximum absolute atomic E-state index is 11.2.